The van der Waals surface area contributed by atoms with Gasteiger partial charge in [-0.1, -0.05) is 172 Å². The van der Waals surface area contributed by atoms with Crippen LogP contribution in [0.1, 0.15) is 59.1 Å². The standard InChI is InChI=1S/C50H53N/c1-9-12-16-22-37(4)48-35-44(36-49(51(48)8)42-24-18-14-15-19-25-42)41-31-29-40(30-32-41)43-26-20-23-39(34-43)28-33-47-45(21-11-3)38(5)46(50(47,6)7)27-17-13-10-2/h9-18,20-36,48H,1,19H2,2-8H3/b13-10-,16-12-,21-11-,27-17-,33-28+,37-22+. The van der Waals surface area contributed by atoms with Crippen LogP contribution in [0.25, 0.3) is 22.8 Å². The second kappa shape index (κ2) is 17.0. The van der Waals surface area contributed by atoms with Crippen molar-refractivity contribution in [2.45, 2.75) is 54.0 Å². The van der Waals surface area contributed by atoms with Crippen molar-refractivity contribution in [1.29, 1.82) is 0 Å². The van der Waals surface area contributed by atoms with Gasteiger partial charge in [0.2, 0.25) is 0 Å². The Hall–Kier alpha value is -5.40. The van der Waals surface area contributed by atoms with E-state index in [1.54, 1.807) is 0 Å². The highest BCUT2D eigenvalue weighted by atomic mass is 15.1. The molecule has 0 spiro atoms. The first kappa shape index (κ1) is 36.9. The largest absolute Gasteiger partial charge is 0.364 e. The van der Waals surface area contributed by atoms with E-state index in [4.69, 9.17) is 0 Å². The molecule has 0 saturated heterocycles. The summed E-state index contributed by atoms with van der Waals surface area (Å²) in [5, 5.41) is 0. The van der Waals surface area contributed by atoms with Gasteiger partial charge in [-0.15, -0.1) is 0 Å². The van der Waals surface area contributed by atoms with E-state index in [1.807, 2.05) is 12.2 Å². The van der Waals surface area contributed by atoms with Gasteiger partial charge in [0.1, 0.15) is 0 Å². The van der Waals surface area contributed by atoms with E-state index >= 15 is 0 Å². The second-order valence-electron chi connectivity index (χ2n) is 13.8. The Morgan fingerprint density at radius 3 is 2.35 bits per heavy atom. The van der Waals surface area contributed by atoms with E-state index in [2.05, 4.69) is 212 Å². The number of rotatable bonds is 11. The van der Waals surface area contributed by atoms with Crippen LogP contribution in [0, 0.1) is 5.41 Å². The Labute approximate surface area is 307 Å². The molecule has 1 aliphatic heterocycles. The lowest BCUT2D eigenvalue weighted by atomic mass is 9.79. The van der Waals surface area contributed by atoms with Crippen LogP contribution < -0.4 is 0 Å². The SMILES string of the molecule is C=C/C=C\C=C(/C)C1C=C(c2ccc(-c3cccc(/C=C/C4=C(/C=C\C)C(C)=C(/C=C\C=C/C)C4(C)C)c3)cc2)C=C(C2=CCC=CC=C2)N1C. The van der Waals surface area contributed by atoms with Crippen molar-refractivity contribution in [1.82, 2.24) is 4.90 Å². The minimum atomic E-state index is -0.0899. The molecule has 3 aliphatic rings. The molecular formula is C50H53N. The zero-order chi connectivity index (χ0) is 36.4. The molecule has 1 nitrogen and oxygen atoms in total. The van der Waals surface area contributed by atoms with Crippen LogP contribution >= 0.6 is 0 Å². The lowest BCUT2D eigenvalue weighted by molar-refractivity contribution is 0.392. The van der Waals surface area contributed by atoms with Crippen molar-refractivity contribution in [3.05, 3.63) is 215 Å². The predicted octanol–water partition coefficient (Wildman–Crippen LogP) is 13.4. The van der Waals surface area contributed by atoms with E-state index in [0.717, 1.165) is 6.42 Å². The van der Waals surface area contributed by atoms with Crippen molar-refractivity contribution in [2.75, 3.05) is 7.05 Å². The number of allylic oxidation sites excluding steroid dienone is 22. The zero-order valence-corrected chi connectivity index (χ0v) is 31.5. The highest BCUT2D eigenvalue weighted by Crippen LogP contribution is 2.48. The summed E-state index contributed by atoms with van der Waals surface area (Å²) < 4.78 is 0. The van der Waals surface area contributed by atoms with Crippen LogP contribution in [-0.2, 0) is 0 Å². The van der Waals surface area contributed by atoms with Gasteiger partial charge in [0.15, 0.2) is 0 Å². The molecule has 2 aromatic rings. The number of likely N-dealkylation sites (N-methyl/N-ethyl adjacent to an activating group) is 1. The predicted molar refractivity (Wildman–Crippen MR) is 225 cm³/mol. The zero-order valence-electron chi connectivity index (χ0n) is 31.5. The summed E-state index contributed by atoms with van der Waals surface area (Å²) in [7, 11) is 2.19. The van der Waals surface area contributed by atoms with Crippen LogP contribution in [0.3, 0.4) is 0 Å². The second-order valence-corrected chi connectivity index (χ2v) is 13.8. The van der Waals surface area contributed by atoms with Crippen molar-refractivity contribution in [3.8, 4) is 11.1 Å². The van der Waals surface area contributed by atoms with Gasteiger partial charge in [-0.3, -0.25) is 0 Å². The number of hydrogen-bond donors (Lipinski definition) is 0. The van der Waals surface area contributed by atoms with Gasteiger partial charge < -0.3 is 4.90 Å². The van der Waals surface area contributed by atoms with E-state index < -0.39 is 0 Å². The highest BCUT2D eigenvalue weighted by Gasteiger charge is 2.34. The summed E-state index contributed by atoms with van der Waals surface area (Å²) in [4.78, 5) is 2.38. The van der Waals surface area contributed by atoms with E-state index in [-0.39, 0.29) is 11.5 Å². The van der Waals surface area contributed by atoms with Crippen LogP contribution in [0.2, 0.25) is 0 Å². The molecule has 5 rings (SSSR count). The molecule has 0 fully saturated rings. The van der Waals surface area contributed by atoms with Crippen molar-refractivity contribution >= 4 is 11.6 Å². The molecule has 0 aromatic heterocycles. The lowest BCUT2D eigenvalue weighted by Gasteiger charge is -2.35. The molecule has 1 atom stereocenters. The molecule has 51 heavy (non-hydrogen) atoms. The maximum Gasteiger partial charge on any atom is 0.0692 e. The van der Waals surface area contributed by atoms with Gasteiger partial charge in [0, 0.05) is 18.2 Å². The fraction of sp³-hybridized carbons (Fsp3) is 0.200. The third-order valence-corrected chi connectivity index (χ3v) is 10.0. The molecule has 1 unspecified atom stereocenters. The molecule has 258 valence electrons. The molecule has 2 aliphatic carbocycles. The summed E-state index contributed by atoms with van der Waals surface area (Å²) in [6.07, 6.45) is 42.3. The Morgan fingerprint density at radius 2 is 1.61 bits per heavy atom. The van der Waals surface area contributed by atoms with E-state index in [0.29, 0.717) is 0 Å². The third-order valence-electron chi connectivity index (χ3n) is 10.0. The van der Waals surface area contributed by atoms with Gasteiger partial charge >= 0.3 is 0 Å². The first-order valence-corrected chi connectivity index (χ1v) is 18.1. The topological polar surface area (TPSA) is 3.24 Å². The Kier molecular flexibility index (Phi) is 12.3. The number of hydrogen-bond acceptors (Lipinski definition) is 1. The van der Waals surface area contributed by atoms with Gasteiger partial charge in [0.25, 0.3) is 0 Å². The van der Waals surface area contributed by atoms with Gasteiger partial charge in [-0.2, -0.15) is 0 Å². The fourth-order valence-electron chi connectivity index (χ4n) is 7.22. The highest BCUT2D eigenvalue weighted by molar-refractivity contribution is 5.80. The fourth-order valence-corrected chi connectivity index (χ4v) is 7.22. The van der Waals surface area contributed by atoms with Crippen LogP contribution in [-0.4, -0.2) is 18.0 Å². The van der Waals surface area contributed by atoms with Crippen molar-refractivity contribution < 1.29 is 0 Å². The Balaban J connectivity index is 1.44. The van der Waals surface area contributed by atoms with Crippen molar-refractivity contribution in [3.63, 3.8) is 0 Å². The molecule has 0 N–H and O–H groups in total. The third kappa shape index (κ3) is 8.50. The van der Waals surface area contributed by atoms with Crippen LogP contribution in [0.4, 0.5) is 0 Å². The normalized spacial score (nSPS) is 19.7. The van der Waals surface area contributed by atoms with Gasteiger partial charge in [0.05, 0.1) is 6.04 Å². The first-order chi connectivity index (χ1) is 24.7. The molecule has 1 heteroatoms. The average Bonchev–Trinajstić information content (AvgIpc) is 3.32. The maximum absolute atomic E-state index is 3.83. The van der Waals surface area contributed by atoms with Gasteiger partial charge in [-0.25, -0.2) is 0 Å². The van der Waals surface area contributed by atoms with E-state index in [1.165, 1.54) is 67.0 Å². The monoisotopic (exact) mass is 667 g/mol. The summed E-state index contributed by atoms with van der Waals surface area (Å²) in [6, 6.07) is 18.0. The molecule has 0 amide bonds. The Bertz CT molecular complexity index is 2030. The summed E-state index contributed by atoms with van der Waals surface area (Å²) in [5.74, 6) is 0. The summed E-state index contributed by atoms with van der Waals surface area (Å²) in [5.41, 5.74) is 15.1. The minimum Gasteiger partial charge on any atom is -0.364 e. The minimum absolute atomic E-state index is 0.0899. The first-order valence-electron chi connectivity index (χ1n) is 18.1. The Morgan fingerprint density at radius 1 is 0.824 bits per heavy atom. The molecule has 1 heterocycles. The van der Waals surface area contributed by atoms with Crippen LogP contribution in [0.5, 0.6) is 0 Å². The maximum atomic E-state index is 3.83. The number of nitrogens with zero attached hydrogens (tertiary/aromatic N) is 1. The molecule has 0 bridgehead atoms. The molecule has 2 aromatic carbocycles. The molecule has 0 radical (unpaired) electrons. The summed E-state index contributed by atoms with van der Waals surface area (Å²) >= 11 is 0. The molecular weight excluding hydrogens is 615 g/mol. The van der Waals surface area contributed by atoms with E-state index in [9.17, 15) is 0 Å². The quantitative estimate of drug-likeness (QED) is 0.216. The summed E-state index contributed by atoms with van der Waals surface area (Å²) in [6.45, 7) is 17.1. The average molecular weight is 668 g/mol. The lowest BCUT2D eigenvalue weighted by Crippen LogP contribution is -2.33. The van der Waals surface area contributed by atoms with Crippen molar-refractivity contribution in [2.24, 2.45) is 5.41 Å². The smallest absolute Gasteiger partial charge is 0.0692 e. The van der Waals surface area contributed by atoms with Gasteiger partial charge in [-0.05, 0) is 108 Å². The molecule has 0 saturated carbocycles. The van der Waals surface area contributed by atoms with Crippen LogP contribution in [0.15, 0.2) is 204 Å². The number of benzene rings is 2.